The van der Waals surface area contributed by atoms with Crippen molar-refractivity contribution >= 4 is 23.9 Å². The van der Waals surface area contributed by atoms with E-state index in [9.17, 15) is 19.2 Å². The molecular weight excluding hydrogens is 320 g/mol. The minimum atomic E-state index is -1.02. The van der Waals surface area contributed by atoms with Gasteiger partial charge in [-0.25, -0.2) is 4.79 Å². The molecule has 1 atom stereocenters. The highest BCUT2D eigenvalue weighted by Crippen LogP contribution is 2.11. The fraction of sp³-hybridized carbons (Fsp3) is 0.600. The summed E-state index contributed by atoms with van der Waals surface area (Å²) in [6.07, 6.45) is 1.36. The van der Waals surface area contributed by atoms with Gasteiger partial charge < -0.3 is 19.9 Å². The number of ether oxygens (including phenoxy) is 2. The maximum absolute atomic E-state index is 11.8. The Morgan fingerprint density at radius 2 is 1.83 bits per heavy atom. The summed E-state index contributed by atoms with van der Waals surface area (Å²) in [7, 11) is 0. The summed E-state index contributed by atoms with van der Waals surface area (Å²) in [6, 6.07) is -0.763. The van der Waals surface area contributed by atoms with Gasteiger partial charge in [-0.05, 0) is 20.8 Å². The first-order chi connectivity index (χ1) is 11.1. The second-order valence-electron chi connectivity index (χ2n) is 6.14. The first-order valence-corrected chi connectivity index (χ1v) is 7.42. The first kappa shape index (κ1) is 19.6. The summed E-state index contributed by atoms with van der Waals surface area (Å²) in [5.74, 6) is -2.05. The van der Waals surface area contributed by atoms with E-state index in [1.807, 2.05) is 0 Å². The minimum Gasteiger partial charge on any atom is -0.481 e. The fourth-order valence-corrected chi connectivity index (χ4v) is 1.89. The molecular formula is C15H22N2O7. The highest BCUT2D eigenvalue weighted by Gasteiger charge is 2.32. The summed E-state index contributed by atoms with van der Waals surface area (Å²) < 4.78 is 10.3. The Morgan fingerprint density at radius 1 is 1.25 bits per heavy atom. The van der Waals surface area contributed by atoms with Crippen molar-refractivity contribution in [3.8, 4) is 0 Å². The van der Waals surface area contributed by atoms with E-state index >= 15 is 0 Å². The summed E-state index contributed by atoms with van der Waals surface area (Å²) in [5.41, 5.74) is -0.682. The molecule has 0 spiro atoms. The molecule has 1 aliphatic heterocycles. The van der Waals surface area contributed by atoms with E-state index < -0.39 is 35.5 Å². The van der Waals surface area contributed by atoms with E-state index in [2.05, 4.69) is 5.32 Å². The molecule has 0 fully saturated rings. The van der Waals surface area contributed by atoms with Crippen LogP contribution >= 0.6 is 0 Å². The maximum Gasteiger partial charge on any atom is 0.407 e. The van der Waals surface area contributed by atoms with Crippen molar-refractivity contribution in [2.75, 3.05) is 19.8 Å². The number of amides is 3. The van der Waals surface area contributed by atoms with Gasteiger partial charge in [-0.15, -0.1) is 0 Å². The van der Waals surface area contributed by atoms with Gasteiger partial charge in [0.15, 0.2) is 0 Å². The average molecular weight is 342 g/mol. The van der Waals surface area contributed by atoms with Gasteiger partial charge in [0, 0.05) is 18.7 Å². The van der Waals surface area contributed by atoms with Gasteiger partial charge >= 0.3 is 12.1 Å². The third-order valence-electron chi connectivity index (χ3n) is 2.86. The van der Waals surface area contributed by atoms with Gasteiger partial charge in [-0.3, -0.25) is 19.3 Å². The van der Waals surface area contributed by atoms with E-state index in [1.54, 1.807) is 20.8 Å². The number of carbonyl (C=O) groups excluding carboxylic acids is 3. The molecule has 0 aromatic rings. The largest absolute Gasteiger partial charge is 0.481 e. The van der Waals surface area contributed by atoms with Gasteiger partial charge in [0.05, 0.1) is 25.7 Å². The molecule has 2 N–H and O–H groups in total. The molecule has 0 radical (unpaired) electrons. The second-order valence-corrected chi connectivity index (χ2v) is 6.14. The lowest BCUT2D eigenvalue weighted by Gasteiger charge is -2.27. The van der Waals surface area contributed by atoms with Crippen LogP contribution in [-0.4, -0.2) is 65.3 Å². The molecule has 0 aliphatic carbocycles. The van der Waals surface area contributed by atoms with Crippen LogP contribution in [0.2, 0.25) is 0 Å². The van der Waals surface area contributed by atoms with E-state index in [0.717, 1.165) is 17.1 Å². The SMILES string of the molecule is CC(C)(C)OC(=O)NC[C@@H](COCCC(=O)O)N1C(=O)C=CC1=O. The Kier molecular flexibility index (Phi) is 6.90. The average Bonchev–Trinajstić information content (AvgIpc) is 2.76. The van der Waals surface area contributed by atoms with Gasteiger partial charge in [0.2, 0.25) is 0 Å². The van der Waals surface area contributed by atoms with Crippen LogP contribution in [0.3, 0.4) is 0 Å². The number of nitrogens with one attached hydrogen (secondary N) is 1. The normalized spacial score (nSPS) is 15.5. The quantitative estimate of drug-likeness (QED) is 0.480. The maximum atomic E-state index is 11.8. The van der Waals surface area contributed by atoms with Crippen molar-refractivity contribution in [2.24, 2.45) is 0 Å². The molecule has 3 amide bonds. The third kappa shape index (κ3) is 6.78. The molecule has 9 nitrogen and oxygen atoms in total. The predicted octanol–water partition coefficient (Wildman–Crippen LogP) is 0.296. The third-order valence-corrected chi connectivity index (χ3v) is 2.86. The van der Waals surface area contributed by atoms with Gasteiger partial charge in [-0.2, -0.15) is 0 Å². The summed E-state index contributed by atoms with van der Waals surface area (Å²) in [5, 5.41) is 11.1. The van der Waals surface area contributed by atoms with Crippen LogP contribution in [0.25, 0.3) is 0 Å². The zero-order valence-electron chi connectivity index (χ0n) is 13.9. The minimum absolute atomic E-state index is 0.0675. The molecule has 0 saturated carbocycles. The van der Waals surface area contributed by atoms with Crippen LogP contribution in [0.4, 0.5) is 4.79 Å². The topological polar surface area (TPSA) is 122 Å². The van der Waals surface area contributed by atoms with Crippen molar-refractivity contribution in [2.45, 2.75) is 38.8 Å². The monoisotopic (exact) mass is 342 g/mol. The van der Waals surface area contributed by atoms with E-state index in [-0.39, 0.29) is 26.2 Å². The fourth-order valence-electron chi connectivity index (χ4n) is 1.89. The summed E-state index contributed by atoms with van der Waals surface area (Å²) in [6.45, 7) is 4.88. The molecule has 134 valence electrons. The molecule has 1 aliphatic rings. The Balaban J connectivity index is 2.60. The number of carboxylic acid groups (broad SMARTS) is 1. The number of aliphatic carboxylic acids is 1. The predicted molar refractivity (Wildman–Crippen MR) is 82.1 cm³/mol. The van der Waals surface area contributed by atoms with Crippen molar-refractivity contribution < 1.29 is 33.8 Å². The number of carbonyl (C=O) groups is 4. The molecule has 9 heteroatoms. The number of imide groups is 1. The van der Waals surface area contributed by atoms with Crippen molar-refractivity contribution in [1.82, 2.24) is 10.2 Å². The number of nitrogens with zero attached hydrogens (tertiary/aromatic N) is 1. The van der Waals surface area contributed by atoms with E-state index in [1.165, 1.54) is 0 Å². The van der Waals surface area contributed by atoms with Crippen LogP contribution in [0.5, 0.6) is 0 Å². The van der Waals surface area contributed by atoms with E-state index in [4.69, 9.17) is 14.6 Å². The second kappa shape index (κ2) is 8.44. The zero-order chi connectivity index (χ0) is 18.3. The number of alkyl carbamates (subject to hydrolysis) is 1. The lowest BCUT2D eigenvalue weighted by Crippen LogP contribution is -2.50. The Bertz CT molecular complexity index is 518. The standard InChI is InChI=1S/C15H22N2O7/c1-15(2,3)24-14(22)16-8-10(9-23-7-6-13(20)21)17-11(18)4-5-12(17)19/h4-5,10H,6-9H2,1-3H3,(H,16,22)(H,20,21)/t10-/m0/s1. The smallest absolute Gasteiger partial charge is 0.407 e. The van der Waals surface area contributed by atoms with Crippen molar-refractivity contribution in [1.29, 1.82) is 0 Å². The highest BCUT2D eigenvalue weighted by atomic mass is 16.6. The van der Waals surface area contributed by atoms with Crippen LogP contribution in [0, 0.1) is 0 Å². The van der Waals surface area contributed by atoms with Crippen LogP contribution in [0.1, 0.15) is 27.2 Å². The van der Waals surface area contributed by atoms with Gasteiger partial charge in [-0.1, -0.05) is 0 Å². The lowest BCUT2D eigenvalue weighted by molar-refractivity contribution is -0.143. The highest BCUT2D eigenvalue weighted by molar-refractivity contribution is 6.13. The van der Waals surface area contributed by atoms with Crippen molar-refractivity contribution in [3.05, 3.63) is 12.2 Å². The van der Waals surface area contributed by atoms with E-state index in [0.29, 0.717) is 0 Å². The number of hydrogen-bond donors (Lipinski definition) is 2. The number of hydrogen-bond acceptors (Lipinski definition) is 6. The molecule has 0 bridgehead atoms. The molecule has 0 unspecified atom stereocenters. The van der Waals surface area contributed by atoms with Gasteiger partial charge in [0.25, 0.3) is 11.8 Å². The summed E-state index contributed by atoms with van der Waals surface area (Å²) in [4.78, 5) is 46.7. The van der Waals surface area contributed by atoms with Crippen molar-refractivity contribution in [3.63, 3.8) is 0 Å². The lowest BCUT2D eigenvalue weighted by atomic mass is 10.2. The summed E-state index contributed by atoms with van der Waals surface area (Å²) >= 11 is 0. The van der Waals surface area contributed by atoms with Crippen LogP contribution in [-0.2, 0) is 23.9 Å². The molecule has 1 rings (SSSR count). The molecule has 0 saturated heterocycles. The molecule has 24 heavy (non-hydrogen) atoms. The van der Waals surface area contributed by atoms with Crippen LogP contribution in [0.15, 0.2) is 12.2 Å². The molecule has 0 aromatic carbocycles. The Labute approximate surface area is 139 Å². The molecule has 0 aromatic heterocycles. The van der Waals surface area contributed by atoms with Crippen LogP contribution < -0.4 is 5.32 Å². The number of carboxylic acids is 1. The Hall–Kier alpha value is -2.42. The Morgan fingerprint density at radius 3 is 2.33 bits per heavy atom. The van der Waals surface area contributed by atoms with Gasteiger partial charge in [0.1, 0.15) is 5.60 Å². The molecule has 1 heterocycles. The zero-order valence-corrected chi connectivity index (χ0v) is 13.9. The first-order valence-electron chi connectivity index (χ1n) is 7.42. The number of rotatable bonds is 8.